The molecule has 0 atom stereocenters. The number of aryl methyl sites for hydroxylation is 1. The Bertz CT molecular complexity index is 554. The number of halogens is 1. The summed E-state index contributed by atoms with van der Waals surface area (Å²) in [7, 11) is 1.92. The predicted molar refractivity (Wildman–Crippen MR) is 71.4 cm³/mol. The summed E-state index contributed by atoms with van der Waals surface area (Å²) in [6.07, 6.45) is 0. The van der Waals surface area contributed by atoms with Crippen LogP contribution >= 0.6 is 0 Å². The van der Waals surface area contributed by atoms with Crippen molar-refractivity contribution >= 4 is 5.69 Å². The van der Waals surface area contributed by atoms with Crippen LogP contribution in [0.15, 0.2) is 42.5 Å². The minimum atomic E-state index is -0.579. The van der Waals surface area contributed by atoms with Crippen molar-refractivity contribution in [2.45, 2.75) is 13.5 Å². The van der Waals surface area contributed by atoms with Crippen LogP contribution in [0.3, 0.4) is 0 Å². The average molecular weight is 245 g/mol. The van der Waals surface area contributed by atoms with E-state index in [2.05, 4.69) is 6.07 Å². The molecule has 2 aromatic carbocycles. The van der Waals surface area contributed by atoms with Crippen LogP contribution in [0.4, 0.5) is 10.1 Å². The summed E-state index contributed by atoms with van der Waals surface area (Å²) in [6.45, 7) is 2.49. The molecular weight excluding hydrogens is 229 g/mol. The number of para-hydroxylation sites is 1. The SMILES string of the molecule is Cc1cccc(N(C)Cc2cccc(F)c2O)c1. The zero-order valence-corrected chi connectivity index (χ0v) is 10.5. The number of hydrogen-bond donors (Lipinski definition) is 1. The summed E-state index contributed by atoms with van der Waals surface area (Å²) in [6, 6.07) is 12.6. The largest absolute Gasteiger partial charge is 0.505 e. The Balaban J connectivity index is 2.21. The molecule has 0 aliphatic heterocycles. The minimum Gasteiger partial charge on any atom is -0.505 e. The van der Waals surface area contributed by atoms with E-state index in [-0.39, 0.29) is 5.75 Å². The number of phenolic OH excluding ortho intramolecular Hbond substituents is 1. The molecule has 0 radical (unpaired) electrons. The van der Waals surface area contributed by atoms with E-state index in [9.17, 15) is 9.50 Å². The van der Waals surface area contributed by atoms with Crippen molar-refractivity contribution in [2.75, 3.05) is 11.9 Å². The van der Waals surface area contributed by atoms with Crippen LogP contribution in [0.25, 0.3) is 0 Å². The van der Waals surface area contributed by atoms with Crippen molar-refractivity contribution in [2.24, 2.45) is 0 Å². The molecule has 0 amide bonds. The van der Waals surface area contributed by atoms with Gasteiger partial charge < -0.3 is 10.0 Å². The molecule has 0 aliphatic rings. The molecule has 0 saturated heterocycles. The molecule has 1 N–H and O–H groups in total. The van der Waals surface area contributed by atoms with Gasteiger partial charge in [-0.15, -0.1) is 0 Å². The van der Waals surface area contributed by atoms with Gasteiger partial charge in [-0.05, 0) is 30.7 Å². The quantitative estimate of drug-likeness (QED) is 0.895. The monoisotopic (exact) mass is 245 g/mol. The summed E-state index contributed by atoms with van der Waals surface area (Å²) in [5.41, 5.74) is 2.79. The Hall–Kier alpha value is -2.03. The Morgan fingerprint density at radius 2 is 1.89 bits per heavy atom. The van der Waals surface area contributed by atoms with Crippen molar-refractivity contribution in [1.29, 1.82) is 0 Å². The summed E-state index contributed by atoms with van der Waals surface area (Å²) in [4.78, 5) is 1.97. The third kappa shape index (κ3) is 2.62. The highest BCUT2D eigenvalue weighted by Gasteiger charge is 2.09. The average Bonchev–Trinajstić information content (AvgIpc) is 2.35. The number of benzene rings is 2. The van der Waals surface area contributed by atoms with Crippen molar-refractivity contribution in [3.63, 3.8) is 0 Å². The first-order valence-electron chi connectivity index (χ1n) is 5.82. The number of phenols is 1. The fraction of sp³-hybridized carbons (Fsp3) is 0.200. The van der Waals surface area contributed by atoms with Crippen LogP contribution in [0, 0.1) is 12.7 Å². The lowest BCUT2D eigenvalue weighted by atomic mass is 10.1. The Morgan fingerprint density at radius 1 is 1.17 bits per heavy atom. The standard InChI is InChI=1S/C15H16FNO/c1-11-5-3-7-13(9-11)17(2)10-12-6-4-8-14(16)15(12)18/h3-9,18H,10H2,1-2H3. The highest BCUT2D eigenvalue weighted by molar-refractivity contribution is 5.49. The topological polar surface area (TPSA) is 23.5 Å². The van der Waals surface area contributed by atoms with Crippen LogP contribution in [0.2, 0.25) is 0 Å². The molecule has 94 valence electrons. The van der Waals surface area contributed by atoms with Crippen molar-refractivity contribution in [1.82, 2.24) is 0 Å². The van der Waals surface area contributed by atoms with E-state index in [0.29, 0.717) is 12.1 Å². The maximum atomic E-state index is 13.2. The summed E-state index contributed by atoms with van der Waals surface area (Å²) in [5.74, 6) is -0.845. The molecular formula is C15H16FNO. The second kappa shape index (κ2) is 5.08. The fourth-order valence-electron chi connectivity index (χ4n) is 1.90. The first-order valence-corrected chi connectivity index (χ1v) is 5.82. The van der Waals surface area contributed by atoms with Gasteiger partial charge in [0, 0.05) is 24.8 Å². The third-order valence-electron chi connectivity index (χ3n) is 2.92. The van der Waals surface area contributed by atoms with Gasteiger partial charge in [-0.1, -0.05) is 24.3 Å². The second-order valence-corrected chi connectivity index (χ2v) is 4.44. The lowest BCUT2D eigenvalue weighted by molar-refractivity contribution is 0.425. The van der Waals surface area contributed by atoms with Gasteiger partial charge in [0.1, 0.15) is 0 Å². The van der Waals surface area contributed by atoms with E-state index in [0.717, 1.165) is 5.69 Å². The van der Waals surface area contributed by atoms with Crippen LogP contribution in [0.1, 0.15) is 11.1 Å². The Morgan fingerprint density at radius 3 is 2.61 bits per heavy atom. The second-order valence-electron chi connectivity index (χ2n) is 4.44. The van der Waals surface area contributed by atoms with Crippen LogP contribution in [-0.4, -0.2) is 12.2 Å². The zero-order chi connectivity index (χ0) is 13.1. The molecule has 0 aliphatic carbocycles. The molecule has 0 heterocycles. The third-order valence-corrected chi connectivity index (χ3v) is 2.92. The first-order chi connectivity index (χ1) is 8.58. The molecule has 0 bridgehead atoms. The number of anilines is 1. The van der Waals surface area contributed by atoms with E-state index in [1.807, 2.05) is 37.1 Å². The zero-order valence-electron chi connectivity index (χ0n) is 10.5. The first kappa shape index (κ1) is 12.4. The van der Waals surface area contributed by atoms with Crippen LogP contribution in [-0.2, 0) is 6.54 Å². The summed E-state index contributed by atoms with van der Waals surface area (Å²) < 4.78 is 13.2. The fourth-order valence-corrected chi connectivity index (χ4v) is 1.90. The van der Waals surface area contributed by atoms with E-state index < -0.39 is 5.82 Å². The lowest BCUT2D eigenvalue weighted by Gasteiger charge is -2.20. The molecule has 2 aromatic rings. The van der Waals surface area contributed by atoms with Gasteiger partial charge in [0.05, 0.1) is 0 Å². The molecule has 0 saturated carbocycles. The van der Waals surface area contributed by atoms with Crippen molar-refractivity contribution in [3.8, 4) is 5.75 Å². The molecule has 18 heavy (non-hydrogen) atoms. The molecule has 0 aromatic heterocycles. The highest BCUT2D eigenvalue weighted by Crippen LogP contribution is 2.24. The molecule has 0 fully saturated rings. The Labute approximate surface area is 106 Å². The van der Waals surface area contributed by atoms with Gasteiger partial charge in [0.2, 0.25) is 0 Å². The van der Waals surface area contributed by atoms with Crippen LogP contribution in [0.5, 0.6) is 5.75 Å². The maximum Gasteiger partial charge on any atom is 0.165 e. The van der Waals surface area contributed by atoms with Crippen molar-refractivity contribution < 1.29 is 9.50 Å². The number of rotatable bonds is 3. The molecule has 0 spiro atoms. The smallest absolute Gasteiger partial charge is 0.165 e. The maximum absolute atomic E-state index is 13.2. The normalized spacial score (nSPS) is 10.4. The molecule has 2 nitrogen and oxygen atoms in total. The molecule has 3 heteroatoms. The van der Waals surface area contributed by atoms with Gasteiger partial charge in [-0.3, -0.25) is 0 Å². The highest BCUT2D eigenvalue weighted by atomic mass is 19.1. The van der Waals surface area contributed by atoms with Crippen molar-refractivity contribution in [3.05, 3.63) is 59.4 Å². The number of aromatic hydroxyl groups is 1. The van der Waals surface area contributed by atoms with Gasteiger partial charge in [-0.25, -0.2) is 4.39 Å². The van der Waals surface area contributed by atoms with E-state index in [1.165, 1.54) is 11.6 Å². The number of hydrogen-bond acceptors (Lipinski definition) is 2. The molecule has 2 rings (SSSR count). The van der Waals surface area contributed by atoms with Gasteiger partial charge in [0.25, 0.3) is 0 Å². The van der Waals surface area contributed by atoms with E-state index >= 15 is 0 Å². The predicted octanol–water partition coefficient (Wildman–Crippen LogP) is 3.48. The van der Waals surface area contributed by atoms with Gasteiger partial charge in [-0.2, -0.15) is 0 Å². The Kier molecular flexibility index (Phi) is 3.51. The number of nitrogens with zero attached hydrogens (tertiary/aromatic N) is 1. The summed E-state index contributed by atoms with van der Waals surface area (Å²) >= 11 is 0. The van der Waals surface area contributed by atoms with Crippen LogP contribution < -0.4 is 4.90 Å². The van der Waals surface area contributed by atoms with Gasteiger partial charge in [0.15, 0.2) is 11.6 Å². The van der Waals surface area contributed by atoms with Gasteiger partial charge >= 0.3 is 0 Å². The molecule has 0 unspecified atom stereocenters. The lowest BCUT2D eigenvalue weighted by Crippen LogP contribution is -2.16. The van der Waals surface area contributed by atoms with E-state index in [1.54, 1.807) is 12.1 Å². The van der Waals surface area contributed by atoms with E-state index in [4.69, 9.17) is 0 Å². The summed E-state index contributed by atoms with van der Waals surface area (Å²) in [5, 5.41) is 9.65. The minimum absolute atomic E-state index is 0.267.